The van der Waals surface area contributed by atoms with Gasteiger partial charge in [-0.3, -0.25) is 9.69 Å². The number of aromatic nitrogens is 2. The average molecular weight is 453 g/mol. The van der Waals surface area contributed by atoms with E-state index in [0.717, 1.165) is 31.7 Å². The summed E-state index contributed by atoms with van der Waals surface area (Å²) in [5, 5.41) is 8.54. The molecule has 5 rings (SSSR count). The Morgan fingerprint density at radius 3 is 2.62 bits per heavy atom. The second-order valence-electron chi connectivity index (χ2n) is 7.73. The Morgan fingerprint density at radius 1 is 1.03 bits per heavy atom. The third-order valence-electron chi connectivity index (χ3n) is 5.84. The van der Waals surface area contributed by atoms with Crippen LogP contribution in [0, 0.1) is 0 Å². The summed E-state index contributed by atoms with van der Waals surface area (Å²) in [5.41, 5.74) is 2.06. The molecule has 0 bridgehead atoms. The van der Waals surface area contributed by atoms with Crippen molar-refractivity contribution in [2.24, 2.45) is 0 Å². The first-order valence-corrected chi connectivity index (χ1v) is 11.6. The minimum absolute atomic E-state index is 0.0878. The highest BCUT2D eigenvalue weighted by Gasteiger charge is 2.25. The van der Waals surface area contributed by atoms with Gasteiger partial charge in [-0.1, -0.05) is 42.1 Å². The largest absolute Gasteiger partial charge is 0.454 e. The Hall–Kier alpha value is -3.04. The van der Waals surface area contributed by atoms with Crippen LogP contribution in [0.25, 0.3) is 11.5 Å². The summed E-state index contributed by atoms with van der Waals surface area (Å²) < 4.78 is 16.4. The van der Waals surface area contributed by atoms with Gasteiger partial charge in [0, 0.05) is 37.8 Å². The number of carbonyl (C=O) groups is 1. The lowest BCUT2D eigenvalue weighted by Crippen LogP contribution is -2.49. The molecule has 0 unspecified atom stereocenters. The first-order chi connectivity index (χ1) is 15.7. The van der Waals surface area contributed by atoms with E-state index in [9.17, 15) is 4.79 Å². The van der Waals surface area contributed by atoms with E-state index in [1.54, 1.807) is 0 Å². The molecule has 3 heterocycles. The predicted octanol–water partition coefficient (Wildman–Crippen LogP) is 3.46. The van der Waals surface area contributed by atoms with E-state index >= 15 is 0 Å². The van der Waals surface area contributed by atoms with Gasteiger partial charge in [0.25, 0.3) is 5.22 Å². The van der Waals surface area contributed by atoms with Crippen molar-refractivity contribution in [3.63, 3.8) is 0 Å². The summed E-state index contributed by atoms with van der Waals surface area (Å²) in [5.74, 6) is 2.11. The summed E-state index contributed by atoms with van der Waals surface area (Å²) >= 11 is 1.27. The van der Waals surface area contributed by atoms with Crippen molar-refractivity contribution in [2.45, 2.75) is 18.2 Å². The summed E-state index contributed by atoms with van der Waals surface area (Å²) in [7, 11) is 0. The van der Waals surface area contributed by atoms with Crippen LogP contribution in [0.1, 0.15) is 18.5 Å². The molecule has 1 aromatic heterocycles. The standard InChI is InChI=1S/C23H24N4O4S/c1-16(17-5-3-2-4-6-17)26-9-11-27(12-10-26)21(28)14-32-23-25-24-22(31-23)18-7-8-19-20(13-18)30-15-29-19/h2-8,13,16H,9-12,14-15H2,1H3/t16-/m0/s1. The van der Waals surface area contributed by atoms with Crippen LogP contribution in [0.15, 0.2) is 58.2 Å². The molecule has 0 saturated carbocycles. The quantitative estimate of drug-likeness (QED) is 0.526. The molecule has 0 aliphatic carbocycles. The number of rotatable bonds is 6. The molecular weight excluding hydrogens is 428 g/mol. The van der Waals surface area contributed by atoms with Gasteiger partial charge in [0.2, 0.25) is 18.6 Å². The number of thioether (sulfide) groups is 1. The van der Waals surface area contributed by atoms with Gasteiger partial charge in [0.1, 0.15) is 0 Å². The van der Waals surface area contributed by atoms with E-state index in [1.807, 2.05) is 29.2 Å². The molecule has 1 fully saturated rings. The molecule has 3 aromatic rings. The van der Waals surface area contributed by atoms with Crippen molar-refractivity contribution >= 4 is 17.7 Å². The van der Waals surface area contributed by atoms with Crippen molar-refractivity contribution in [3.05, 3.63) is 54.1 Å². The maximum atomic E-state index is 12.7. The van der Waals surface area contributed by atoms with Crippen LogP contribution < -0.4 is 9.47 Å². The minimum atomic E-state index is 0.0878. The van der Waals surface area contributed by atoms with Crippen molar-refractivity contribution in [3.8, 4) is 23.0 Å². The fourth-order valence-electron chi connectivity index (χ4n) is 3.93. The number of nitrogens with zero attached hydrogens (tertiary/aromatic N) is 4. The molecule has 2 aliphatic rings. The van der Waals surface area contributed by atoms with E-state index < -0.39 is 0 Å². The van der Waals surface area contributed by atoms with Crippen LogP contribution in [0.4, 0.5) is 0 Å². The van der Waals surface area contributed by atoms with Crippen LogP contribution in [-0.4, -0.2) is 64.6 Å². The Kier molecular flexibility index (Phi) is 6.00. The Labute approximate surface area is 190 Å². The number of hydrogen-bond acceptors (Lipinski definition) is 8. The SMILES string of the molecule is C[C@@H](c1ccccc1)N1CCN(C(=O)CSc2nnc(-c3ccc4c(c3)OCO4)o2)CC1. The molecule has 1 atom stereocenters. The zero-order chi connectivity index (χ0) is 21.9. The Morgan fingerprint density at radius 2 is 1.81 bits per heavy atom. The smallest absolute Gasteiger partial charge is 0.277 e. The molecule has 0 spiro atoms. The third-order valence-corrected chi connectivity index (χ3v) is 6.64. The van der Waals surface area contributed by atoms with Crippen LogP contribution in [-0.2, 0) is 4.79 Å². The number of hydrogen-bond donors (Lipinski definition) is 0. The van der Waals surface area contributed by atoms with Crippen molar-refractivity contribution in [2.75, 3.05) is 38.7 Å². The molecule has 0 N–H and O–H groups in total. The number of ether oxygens (including phenoxy) is 2. The van der Waals surface area contributed by atoms with Gasteiger partial charge >= 0.3 is 0 Å². The molecule has 8 nitrogen and oxygen atoms in total. The molecule has 0 radical (unpaired) electrons. The molecule has 2 aromatic carbocycles. The van der Waals surface area contributed by atoms with E-state index in [1.165, 1.54) is 17.3 Å². The fourth-order valence-corrected chi connectivity index (χ4v) is 4.60. The molecule has 166 valence electrons. The highest BCUT2D eigenvalue weighted by molar-refractivity contribution is 7.99. The summed E-state index contributed by atoms with van der Waals surface area (Å²) in [4.78, 5) is 17.0. The first kappa shape index (κ1) is 20.8. The zero-order valence-corrected chi connectivity index (χ0v) is 18.6. The van der Waals surface area contributed by atoms with E-state index in [2.05, 4.69) is 46.3 Å². The lowest BCUT2D eigenvalue weighted by atomic mass is 10.1. The molecule has 1 amide bonds. The Bertz CT molecular complexity index is 1080. The molecule has 2 aliphatic heterocycles. The third kappa shape index (κ3) is 4.44. The summed E-state index contributed by atoms with van der Waals surface area (Å²) in [6.45, 7) is 5.61. The highest BCUT2D eigenvalue weighted by atomic mass is 32.2. The molecular formula is C23H24N4O4S. The number of piperazine rings is 1. The van der Waals surface area contributed by atoms with Gasteiger partial charge < -0.3 is 18.8 Å². The molecule has 32 heavy (non-hydrogen) atoms. The number of carbonyl (C=O) groups excluding carboxylic acids is 1. The number of fused-ring (bicyclic) bond motifs is 1. The minimum Gasteiger partial charge on any atom is -0.454 e. The number of benzene rings is 2. The lowest BCUT2D eigenvalue weighted by Gasteiger charge is -2.38. The van der Waals surface area contributed by atoms with Crippen LogP contribution in [0.3, 0.4) is 0 Å². The highest BCUT2D eigenvalue weighted by Crippen LogP contribution is 2.36. The van der Waals surface area contributed by atoms with Crippen molar-refractivity contribution in [1.82, 2.24) is 20.0 Å². The molecule has 9 heteroatoms. The van der Waals surface area contributed by atoms with E-state index in [4.69, 9.17) is 13.9 Å². The average Bonchev–Trinajstić information content (AvgIpc) is 3.52. The summed E-state index contributed by atoms with van der Waals surface area (Å²) in [6, 6.07) is 16.3. The van der Waals surface area contributed by atoms with Crippen molar-refractivity contribution < 1.29 is 18.7 Å². The summed E-state index contributed by atoms with van der Waals surface area (Å²) in [6.07, 6.45) is 0. The predicted molar refractivity (Wildman–Crippen MR) is 120 cm³/mol. The fraction of sp³-hybridized carbons (Fsp3) is 0.348. The second-order valence-corrected chi connectivity index (χ2v) is 8.66. The van der Waals surface area contributed by atoms with Crippen LogP contribution >= 0.6 is 11.8 Å². The van der Waals surface area contributed by atoms with Gasteiger partial charge in [-0.05, 0) is 30.7 Å². The van der Waals surface area contributed by atoms with Gasteiger partial charge in [-0.15, -0.1) is 10.2 Å². The van der Waals surface area contributed by atoms with Crippen LogP contribution in [0.2, 0.25) is 0 Å². The van der Waals surface area contributed by atoms with Gasteiger partial charge in [0.15, 0.2) is 11.5 Å². The topological polar surface area (TPSA) is 80.9 Å². The normalized spacial score (nSPS) is 16.8. The van der Waals surface area contributed by atoms with Gasteiger partial charge in [-0.25, -0.2) is 0 Å². The second kappa shape index (κ2) is 9.22. The van der Waals surface area contributed by atoms with E-state index in [-0.39, 0.29) is 18.5 Å². The number of amides is 1. The van der Waals surface area contributed by atoms with Crippen LogP contribution in [0.5, 0.6) is 11.5 Å². The van der Waals surface area contributed by atoms with Gasteiger partial charge in [-0.2, -0.15) is 0 Å². The maximum absolute atomic E-state index is 12.7. The first-order valence-electron chi connectivity index (χ1n) is 10.6. The maximum Gasteiger partial charge on any atom is 0.277 e. The van der Waals surface area contributed by atoms with Gasteiger partial charge in [0.05, 0.1) is 5.75 Å². The zero-order valence-electron chi connectivity index (χ0n) is 17.8. The lowest BCUT2D eigenvalue weighted by molar-refractivity contribution is -0.130. The van der Waals surface area contributed by atoms with E-state index in [0.29, 0.717) is 28.7 Å². The Balaban J connectivity index is 1.12. The molecule has 1 saturated heterocycles. The monoisotopic (exact) mass is 452 g/mol. The van der Waals surface area contributed by atoms with Crippen molar-refractivity contribution in [1.29, 1.82) is 0 Å².